The Morgan fingerprint density at radius 2 is 2.18 bits per heavy atom. The van der Waals surface area contributed by atoms with Crippen LogP contribution >= 0.6 is 0 Å². The van der Waals surface area contributed by atoms with Gasteiger partial charge in [-0.15, -0.1) is 0 Å². The summed E-state index contributed by atoms with van der Waals surface area (Å²) in [6.07, 6.45) is 4.36. The molecule has 5 heteroatoms. The number of pyridine rings is 1. The second-order valence-electron chi connectivity index (χ2n) is 3.76. The zero-order chi connectivity index (χ0) is 12.1. The maximum absolute atomic E-state index is 5.54. The molecule has 0 saturated heterocycles. The van der Waals surface area contributed by atoms with Gasteiger partial charge in [0.05, 0.1) is 0 Å². The van der Waals surface area contributed by atoms with Crippen LogP contribution in [0.4, 0.5) is 11.8 Å². The summed E-state index contributed by atoms with van der Waals surface area (Å²) >= 11 is 0. The molecule has 0 spiro atoms. The third-order valence-corrected chi connectivity index (χ3v) is 2.39. The molecule has 0 aliphatic heterocycles. The molecule has 0 aliphatic rings. The van der Waals surface area contributed by atoms with E-state index >= 15 is 0 Å². The first-order valence-corrected chi connectivity index (χ1v) is 5.48. The van der Waals surface area contributed by atoms with Gasteiger partial charge in [0, 0.05) is 36.6 Å². The lowest BCUT2D eigenvalue weighted by Crippen LogP contribution is -2.10. The molecule has 88 valence electrons. The van der Waals surface area contributed by atoms with E-state index in [0.717, 1.165) is 30.0 Å². The van der Waals surface area contributed by atoms with Crippen molar-refractivity contribution in [3.63, 3.8) is 0 Å². The van der Waals surface area contributed by atoms with Crippen molar-refractivity contribution in [2.75, 3.05) is 17.6 Å². The molecule has 2 aromatic rings. The Balaban J connectivity index is 1.92. The van der Waals surface area contributed by atoms with Crippen molar-refractivity contribution in [3.8, 4) is 0 Å². The predicted molar refractivity (Wildman–Crippen MR) is 67.6 cm³/mol. The number of aromatic nitrogens is 3. The van der Waals surface area contributed by atoms with Gasteiger partial charge in [-0.1, -0.05) is 6.07 Å². The number of rotatable bonds is 4. The lowest BCUT2D eigenvalue weighted by molar-refractivity contribution is 0.948. The third-order valence-electron chi connectivity index (χ3n) is 2.39. The Bertz CT molecular complexity index is 484. The third kappa shape index (κ3) is 3.14. The van der Waals surface area contributed by atoms with E-state index < -0.39 is 0 Å². The highest BCUT2D eigenvalue weighted by Gasteiger charge is 2.01. The fourth-order valence-electron chi connectivity index (χ4n) is 1.49. The summed E-state index contributed by atoms with van der Waals surface area (Å²) in [7, 11) is 0. The van der Waals surface area contributed by atoms with Crippen LogP contribution in [0.3, 0.4) is 0 Å². The van der Waals surface area contributed by atoms with E-state index in [1.165, 1.54) is 0 Å². The number of hydrogen-bond donors (Lipinski definition) is 2. The Morgan fingerprint density at radius 3 is 2.94 bits per heavy atom. The van der Waals surface area contributed by atoms with Gasteiger partial charge in [0.1, 0.15) is 5.82 Å². The summed E-state index contributed by atoms with van der Waals surface area (Å²) in [5, 5.41) is 3.23. The van der Waals surface area contributed by atoms with Crippen molar-refractivity contribution in [2.45, 2.75) is 13.3 Å². The lowest BCUT2D eigenvalue weighted by atomic mass is 10.2. The van der Waals surface area contributed by atoms with Gasteiger partial charge in [-0.25, -0.2) is 4.98 Å². The molecular formula is C12H15N5. The van der Waals surface area contributed by atoms with Gasteiger partial charge in [0.25, 0.3) is 0 Å². The summed E-state index contributed by atoms with van der Waals surface area (Å²) in [5.74, 6) is 1.07. The maximum Gasteiger partial charge on any atom is 0.221 e. The average molecular weight is 229 g/mol. The van der Waals surface area contributed by atoms with Gasteiger partial charge >= 0.3 is 0 Å². The van der Waals surface area contributed by atoms with Crippen LogP contribution in [0.25, 0.3) is 0 Å². The Morgan fingerprint density at radius 1 is 1.29 bits per heavy atom. The summed E-state index contributed by atoms with van der Waals surface area (Å²) in [6, 6.07) is 5.89. The predicted octanol–water partition coefficient (Wildman–Crippen LogP) is 1.42. The smallest absolute Gasteiger partial charge is 0.221 e. The van der Waals surface area contributed by atoms with Crippen LogP contribution in [0.1, 0.15) is 11.3 Å². The number of nitrogens with two attached hydrogens (primary N) is 1. The minimum absolute atomic E-state index is 0.288. The van der Waals surface area contributed by atoms with E-state index in [2.05, 4.69) is 20.3 Å². The zero-order valence-electron chi connectivity index (χ0n) is 9.72. The molecule has 17 heavy (non-hydrogen) atoms. The lowest BCUT2D eigenvalue weighted by Gasteiger charge is -2.08. The number of hydrogen-bond acceptors (Lipinski definition) is 5. The van der Waals surface area contributed by atoms with Crippen molar-refractivity contribution in [1.29, 1.82) is 0 Å². The second kappa shape index (κ2) is 5.25. The van der Waals surface area contributed by atoms with Gasteiger partial charge in [-0.05, 0) is 19.1 Å². The number of nitrogens with zero attached hydrogens (tertiary/aromatic N) is 3. The molecule has 0 amide bonds. The molecule has 2 heterocycles. The highest BCUT2D eigenvalue weighted by atomic mass is 15.1. The number of anilines is 2. The first-order chi connectivity index (χ1) is 8.25. The van der Waals surface area contributed by atoms with Crippen molar-refractivity contribution >= 4 is 11.8 Å². The van der Waals surface area contributed by atoms with Crippen LogP contribution in [0.15, 0.2) is 30.6 Å². The summed E-state index contributed by atoms with van der Waals surface area (Å²) in [6.45, 7) is 2.72. The van der Waals surface area contributed by atoms with E-state index in [0.29, 0.717) is 0 Å². The van der Waals surface area contributed by atoms with Crippen LogP contribution in [0, 0.1) is 6.92 Å². The maximum atomic E-state index is 5.54. The van der Waals surface area contributed by atoms with E-state index in [9.17, 15) is 0 Å². The molecule has 0 bridgehead atoms. The average Bonchev–Trinajstić information content (AvgIpc) is 2.35. The van der Waals surface area contributed by atoms with E-state index in [4.69, 9.17) is 5.73 Å². The van der Waals surface area contributed by atoms with Gasteiger partial charge in [-0.3, -0.25) is 4.98 Å². The molecule has 0 atom stereocenters. The number of nitrogens with one attached hydrogen (secondary N) is 1. The van der Waals surface area contributed by atoms with E-state index in [1.54, 1.807) is 12.4 Å². The first kappa shape index (κ1) is 11.3. The van der Waals surface area contributed by atoms with Gasteiger partial charge in [0.2, 0.25) is 5.95 Å². The van der Waals surface area contributed by atoms with E-state index in [1.807, 2.05) is 25.1 Å². The van der Waals surface area contributed by atoms with Crippen LogP contribution in [-0.4, -0.2) is 21.5 Å². The molecule has 3 N–H and O–H groups in total. The fraction of sp³-hybridized carbons (Fsp3) is 0.250. The molecule has 0 radical (unpaired) electrons. The molecule has 0 aromatic carbocycles. The monoisotopic (exact) mass is 229 g/mol. The van der Waals surface area contributed by atoms with Crippen molar-refractivity contribution in [2.24, 2.45) is 0 Å². The van der Waals surface area contributed by atoms with E-state index in [-0.39, 0.29) is 5.95 Å². The minimum Gasteiger partial charge on any atom is -0.369 e. The van der Waals surface area contributed by atoms with Crippen molar-refractivity contribution < 1.29 is 0 Å². The summed E-state index contributed by atoms with van der Waals surface area (Å²) in [4.78, 5) is 12.3. The quantitative estimate of drug-likeness (QED) is 0.829. The minimum atomic E-state index is 0.288. The van der Waals surface area contributed by atoms with Gasteiger partial charge < -0.3 is 11.1 Å². The van der Waals surface area contributed by atoms with Crippen LogP contribution in [0.2, 0.25) is 0 Å². The highest BCUT2D eigenvalue weighted by Crippen LogP contribution is 2.10. The molecule has 5 nitrogen and oxygen atoms in total. The summed E-state index contributed by atoms with van der Waals surface area (Å²) in [5.41, 5.74) is 7.58. The molecule has 0 fully saturated rings. The summed E-state index contributed by atoms with van der Waals surface area (Å²) < 4.78 is 0. The van der Waals surface area contributed by atoms with Crippen LogP contribution < -0.4 is 11.1 Å². The number of nitrogen functional groups attached to an aromatic ring is 1. The van der Waals surface area contributed by atoms with Crippen molar-refractivity contribution in [3.05, 3.63) is 41.9 Å². The Kier molecular flexibility index (Phi) is 3.49. The highest BCUT2D eigenvalue weighted by molar-refractivity contribution is 5.45. The molecule has 2 rings (SSSR count). The van der Waals surface area contributed by atoms with Gasteiger partial charge in [-0.2, -0.15) is 4.98 Å². The molecule has 0 aliphatic carbocycles. The Labute approximate surface area is 100 Å². The molecule has 0 saturated carbocycles. The topological polar surface area (TPSA) is 76.7 Å². The first-order valence-electron chi connectivity index (χ1n) is 5.48. The normalized spacial score (nSPS) is 10.2. The van der Waals surface area contributed by atoms with Crippen LogP contribution in [0.5, 0.6) is 0 Å². The molecule has 2 aromatic heterocycles. The Hall–Kier alpha value is -2.17. The van der Waals surface area contributed by atoms with Crippen molar-refractivity contribution in [1.82, 2.24) is 15.0 Å². The SMILES string of the molecule is Cc1cnc(N)nc1NCCc1ccccn1. The molecule has 0 unspecified atom stereocenters. The van der Waals surface area contributed by atoms with Gasteiger partial charge in [0.15, 0.2) is 0 Å². The fourth-order valence-corrected chi connectivity index (χ4v) is 1.49. The zero-order valence-corrected chi connectivity index (χ0v) is 9.72. The standard InChI is InChI=1S/C12H15N5/c1-9-8-16-12(13)17-11(9)15-7-5-10-4-2-3-6-14-10/h2-4,6,8H,5,7H2,1H3,(H3,13,15,16,17). The largest absolute Gasteiger partial charge is 0.369 e. The number of aryl methyl sites for hydroxylation is 1. The molecular weight excluding hydrogens is 214 g/mol. The second-order valence-corrected chi connectivity index (χ2v) is 3.76. The van der Waals surface area contributed by atoms with Crippen LogP contribution in [-0.2, 0) is 6.42 Å².